The van der Waals surface area contributed by atoms with Gasteiger partial charge in [0.1, 0.15) is 11.2 Å². The average molecular weight is 1810 g/mol. The smallest absolute Gasteiger partial charge is 0.237 e. The van der Waals surface area contributed by atoms with Gasteiger partial charge >= 0.3 is 0 Å². The molecule has 0 spiro atoms. The quantitative estimate of drug-likeness (QED) is 0.114. The van der Waals surface area contributed by atoms with Crippen molar-refractivity contribution >= 4 is 165 Å². The van der Waals surface area contributed by atoms with Gasteiger partial charge in [0.2, 0.25) is 11.9 Å². The summed E-state index contributed by atoms with van der Waals surface area (Å²) in [5, 5.41) is 13.5. The molecular formula is C130H88N10O. The normalized spacial score (nSPS) is 12.9. The molecule has 0 bridgehead atoms. The van der Waals surface area contributed by atoms with Crippen LogP contribution in [-0.4, -0.2) is 38.2 Å². The number of hydrogen-bond donors (Lipinski definition) is 0. The summed E-state index contributed by atoms with van der Waals surface area (Å²) in [4.78, 5) is 27.2. The van der Waals surface area contributed by atoms with Crippen molar-refractivity contribution in [3.63, 3.8) is 0 Å². The average Bonchev–Trinajstić information content (AvgIpc) is 1.55. The molecule has 7 aromatic heterocycles. The molecule has 2 aliphatic carbocycles. The van der Waals surface area contributed by atoms with Crippen LogP contribution in [0.15, 0.2) is 465 Å². The van der Waals surface area contributed by atoms with Crippen LogP contribution in [0, 0.1) is 0 Å². The summed E-state index contributed by atoms with van der Waals surface area (Å²) in [6, 6.07) is 166. The summed E-state index contributed by atoms with van der Waals surface area (Å²) in [7, 11) is 0. The van der Waals surface area contributed by atoms with Gasteiger partial charge in [0.25, 0.3) is 0 Å². The molecule has 0 saturated heterocycles. The maximum absolute atomic E-state index is 6.41. The Labute approximate surface area is 812 Å². The first-order valence-electron chi connectivity index (χ1n) is 48.4. The van der Waals surface area contributed by atoms with Crippen LogP contribution < -0.4 is 9.80 Å². The SMILES string of the molecule is CC1(C)c2ccccc2-c2c(N(c3ccc4oc5ccccc5c4c3)c3nc(-n4c5ccccc5c5cc(-c6ccc7c(c6)c6ccccc6n7-c6ccccc6)ccc54)nc4ccccc34)cccc21.CC1(C)c2ccccc2-c2c(N(c3ccccc3-c3ccccc3)c3nc(-n4c5ccccc5c5cc(-c6ccc7c(c6)c6ccccc6n7-c6ccccc6)ccc54)nc4ccccc34)cccc21. The van der Waals surface area contributed by atoms with E-state index < -0.39 is 0 Å². The molecule has 0 aliphatic heterocycles. The van der Waals surface area contributed by atoms with Crippen LogP contribution in [0.5, 0.6) is 0 Å². The fourth-order valence-corrected chi connectivity index (χ4v) is 23.3. The predicted octanol–water partition coefficient (Wildman–Crippen LogP) is 34.1. The van der Waals surface area contributed by atoms with Gasteiger partial charge in [-0.1, -0.05) is 325 Å². The highest BCUT2D eigenvalue weighted by atomic mass is 16.3. The number of nitrogens with zero attached hydrogens (tertiary/aromatic N) is 10. The summed E-state index contributed by atoms with van der Waals surface area (Å²) < 4.78 is 15.7. The summed E-state index contributed by atoms with van der Waals surface area (Å²) in [6.07, 6.45) is 0. The first-order valence-corrected chi connectivity index (χ1v) is 48.4. The van der Waals surface area contributed by atoms with Crippen molar-refractivity contribution < 1.29 is 4.42 Å². The molecule has 27 aromatic rings. The van der Waals surface area contributed by atoms with Gasteiger partial charge in [-0.2, -0.15) is 9.97 Å². The van der Waals surface area contributed by atoms with E-state index in [4.69, 9.17) is 24.4 Å². The molecule has 0 saturated carbocycles. The van der Waals surface area contributed by atoms with Crippen molar-refractivity contribution in [3.05, 3.63) is 483 Å². The highest BCUT2D eigenvalue weighted by Gasteiger charge is 2.41. The molecular weight excluding hydrogens is 1720 g/mol. The van der Waals surface area contributed by atoms with Crippen molar-refractivity contribution in [2.75, 3.05) is 9.80 Å². The summed E-state index contributed by atoms with van der Waals surface area (Å²) in [6.45, 7) is 9.37. The fourth-order valence-electron chi connectivity index (χ4n) is 23.3. The second-order valence-corrected chi connectivity index (χ2v) is 38.3. The Bertz CT molecular complexity index is 9860. The van der Waals surface area contributed by atoms with Crippen LogP contribution in [0.25, 0.3) is 210 Å². The van der Waals surface area contributed by atoms with E-state index in [9.17, 15) is 0 Å². The number of fused-ring (bicyclic) bond motifs is 23. The van der Waals surface area contributed by atoms with Gasteiger partial charge in [-0.3, -0.25) is 18.9 Å². The van der Waals surface area contributed by atoms with Crippen molar-refractivity contribution in [2.24, 2.45) is 0 Å². The van der Waals surface area contributed by atoms with Crippen molar-refractivity contribution in [1.82, 2.24) is 38.2 Å². The van der Waals surface area contributed by atoms with Gasteiger partial charge in [0.15, 0.2) is 11.6 Å². The molecule has 29 rings (SSSR count). The maximum Gasteiger partial charge on any atom is 0.237 e. The lowest BCUT2D eigenvalue weighted by molar-refractivity contribution is 0.660. The Kier molecular flexibility index (Phi) is 18.2. The van der Waals surface area contributed by atoms with E-state index in [-0.39, 0.29) is 10.8 Å². The van der Waals surface area contributed by atoms with Gasteiger partial charge in [0.05, 0.1) is 72.2 Å². The topological polar surface area (TPSA) is 90.9 Å². The summed E-state index contributed by atoms with van der Waals surface area (Å²) in [5.74, 6) is 2.81. The summed E-state index contributed by atoms with van der Waals surface area (Å²) >= 11 is 0. The van der Waals surface area contributed by atoms with Crippen LogP contribution in [-0.2, 0) is 10.8 Å². The van der Waals surface area contributed by atoms with E-state index in [2.05, 4.69) is 505 Å². The van der Waals surface area contributed by atoms with E-state index in [1.54, 1.807) is 0 Å². The molecule has 11 nitrogen and oxygen atoms in total. The number of anilines is 6. The van der Waals surface area contributed by atoms with Crippen molar-refractivity contribution in [2.45, 2.75) is 38.5 Å². The monoisotopic (exact) mass is 1800 g/mol. The Hall–Kier alpha value is -18.3. The standard InChI is InChI=1S/C65H43N5O.C65H45N5/c1-65(2)52-24-11-6-22-47(52)62-53(65)25-16-29-59(62)69(43-33-36-61-51(39-43)46-21-10-15-30-60(46)71-61)63-48-23-7-12-26-54(48)66-64(67-63)70-56-28-14-9-20-45(56)50-38-41(32-35-58(50)70)40-31-34-57-49(37-40)44-19-8-13-27-55(44)68(57)42-17-4-3-5-18-42;1-65(2)53-29-14-9-27-49(53)62-54(65)30-19-35-61(62)69(56-32-16-11-24-46(56)42-20-5-3-6-21-42)63-50-28-10-15-31-55(50)66-64(67-63)70-58-34-18-13-26-48(58)52-41-44(37-39-60(52)70)43-36-38-59-51(40-43)47-25-12-17-33-57(47)68(59)45-22-7-4-8-23-45/h3-39H,1-2H3;3-41H,1-2H3. The van der Waals surface area contributed by atoms with E-state index in [0.29, 0.717) is 11.9 Å². The Balaban J connectivity index is 0.000000138. The molecule has 20 aromatic carbocycles. The van der Waals surface area contributed by atoms with E-state index >= 15 is 0 Å². The minimum absolute atomic E-state index is 0.194. The van der Waals surface area contributed by atoms with Gasteiger partial charge in [-0.05, 0) is 225 Å². The van der Waals surface area contributed by atoms with E-state index in [1.807, 2.05) is 12.1 Å². The van der Waals surface area contributed by atoms with E-state index in [1.165, 1.54) is 93.7 Å². The van der Waals surface area contributed by atoms with Crippen LogP contribution >= 0.6 is 0 Å². The molecule has 2 aliphatic rings. The number of aromatic nitrogens is 8. The predicted molar refractivity (Wildman–Crippen MR) is 585 cm³/mol. The van der Waals surface area contributed by atoms with Crippen LogP contribution in [0.3, 0.4) is 0 Å². The third kappa shape index (κ3) is 12.5. The first-order chi connectivity index (χ1) is 69.5. The number of rotatable bonds is 13. The highest BCUT2D eigenvalue weighted by molar-refractivity contribution is 6.17. The van der Waals surface area contributed by atoms with Crippen molar-refractivity contribution in [1.29, 1.82) is 0 Å². The lowest BCUT2D eigenvalue weighted by Crippen LogP contribution is -2.18. The highest BCUT2D eigenvalue weighted by Crippen LogP contribution is 2.59. The van der Waals surface area contributed by atoms with Gasteiger partial charge in [-0.15, -0.1) is 0 Å². The second kappa shape index (κ2) is 31.6. The van der Waals surface area contributed by atoms with Crippen LogP contribution in [0.1, 0.15) is 49.9 Å². The fraction of sp³-hybridized carbons (Fsp3) is 0.0462. The number of para-hydroxylation sites is 10. The zero-order chi connectivity index (χ0) is 93.5. The zero-order valence-electron chi connectivity index (χ0n) is 77.8. The Morgan fingerprint density at radius 2 is 0.546 bits per heavy atom. The van der Waals surface area contributed by atoms with Gasteiger partial charge in [0, 0.05) is 109 Å². The molecule has 0 N–H and O–H groups in total. The lowest BCUT2D eigenvalue weighted by atomic mass is 9.82. The minimum Gasteiger partial charge on any atom is -0.456 e. The maximum atomic E-state index is 6.41. The number of hydrogen-bond acceptors (Lipinski definition) is 7. The molecule has 664 valence electrons. The minimum atomic E-state index is -0.203. The number of benzene rings is 20. The van der Waals surface area contributed by atoms with Gasteiger partial charge < -0.3 is 13.6 Å². The van der Waals surface area contributed by atoms with Gasteiger partial charge in [-0.25, -0.2) is 9.97 Å². The first kappa shape index (κ1) is 81.1. The molecule has 0 fully saturated rings. The lowest BCUT2D eigenvalue weighted by Gasteiger charge is -2.30. The zero-order valence-corrected chi connectivity index (χ0v) is 77.8. The molecule has 11 heteroatoms. The van der Waals surface area contributed by atoms with Crippen molar-refractivity contribution in [3.8, 4) is 78.9 Å². The Morgan fingerprint density at radius 3 is 1.01 bits per heavy atom. The molecule has 0 unspecified atom stereocenters. The van der Waals surface area contributed by atoms with Crippen LogP contribution in [0.2, 0.25) is 0 Å². The molecule has 0 amide bonds. The third-order valence-electron chi connectivity index (χ3n) is 29.9. The summed E-state index contributed by atoms with van der Waals surface area (Å²) in [5.41, 5.74) is 35.4. The van der Waals surface area contributed by atoms with E-state index in [0.717, 1.165) is 161 Å². The molecule has 0 radical (unpaired) electrons. The molecule has 7 heterocycles. The molecule has 0 atom stereocenters. The second-order valence-electron chi connectivity index (χ2n) is 38.3. The van der Waals surface area contributed by atoms with Crippen LogP contribution in [0.4, 0.5) is 34.4 Å². The third-order valence-corrected chi connectivity index (χ3v) is 29.9. The Morgan fingerprint density at radius 1 is 0.213 bits per heavy atom. The largest absolute Gasteiger partial charge is 0.456 e. The number of furan rings is 1. The molecule has 141 heavy (non-hydrogen) atoms.